The highest BCUT2D eigenvalue weighted by Gasteiger charge is 2.11. The molecular weight excluding hydrogens is 218 g/mol. The summed E-state index contributed by atoms with van der Waals surface area (Å²) in [5.74, 6) is 0.122. The van der Waals surface area contributed by atoms with Crippen molar-refractivity contribution in [2.24, 2.45) is 10.9 Å². The fourth-order valence-corrected chi connectivity index (χ4v) is 1.67. The summed E-state index contributed by atoms with van der Waals surface area (Å²) in [5, 5.41) is 11.8. The van der Waals surface area contributed by atoms with E-state index in [1.165, 1.54) is 0 Å². The lowest BCUT2D eigenvalue weighted by Gasteiger charge is -2.24. The molecule has 1 aromatic carbocycles. The van der Waals surface area contributed by atoms with Crippen LogP contribution in [-0.4, -0.2) is 37.8 Å². The van der Waals surface area contributed by atoms with Crippen LogP contribution >= 0.6 is 0 Å². The molecule has 1 rings (SSSR count). The van der Waals surface area contributed by atoms with Crippen molar-refractivity contribution in [3.05, 3.63) is 29.8 Å². The van der Waals surface area contributed by atoms with E-state index in [2.05, 4.69) is 17.0 Å². The van der Waals surface area contributed by atoms with Crippen LogP contribution in [0.1, 0.15) is 12.5 Å². The number of ether oxygens (including phenoxy) is 1. The molecule has 0 fully saturated rings. The average molecular weight is 237 g/mol. The Labute approximate surface area is 101 Å². The van der Waals surface area contributed by atoms with E-state index in [1.807, 2.05) is 24.3 Å². The molecule has 0 aliphatic carbocycles. The molecule has 0 amide bonds. The predicted octanol–water partition coefficient (Wildman–Crippen LogP) is 1.25. The summed E-state index contributed by atoms with van der Waals surface area (Å²) in [7, 11) is 1.67. The number of anilines is 1. The summed E-state index contributed by atoms with van der Waals surface area (Å²) >= 11 is 0. The van der Waals surface area contributed by atoms with E-state index in [4.69, 9.17) is 15.7 Å². The molecule has 0 radical (unpaired) electrons. The monoisotopic (exact) mass is 237 g/mol. The van der Waals surface area contributed by atoms with Crippen LogP contribution in [0.2, 0.25) is 0 Å². The number of hydrogen-bond donors (Lipinski definition) is 2. The molecular formula is C12H19N3O2. The normalized spacial score (nSPS) is 11.5. The zero-order valence-electron chi connectivity index (χ0n) is 10.3. The van der Waals surface area contributed by atoms with Gasteiger partial charge in [-0.3, -0.25) is 0 Å². The van der Waals surface area contributed by atoms with E-state index in [0.29, 0.717) is 6.61 Å². The summed E-state index contributed by atoms with van der Waals surface area (Å²) in [6, 6.07) is 7.58. The number of rotatable bonds is 6. The number of methoxy groups -OCH3 is 1. The minimum atomic E-state index is 0.122. The van der Waals surface area contributed by atoms with Gasteiger partial charge in [0.1, 0.15) is 0 Å². The third kappa shape index (κ3) is 3.35. The quantitative estimate of drug-likeness (QED) is 0.338. The molecule has 1 aromatic rings. The minimum absolute atomic E-state index is 0.122. The van der Waals surface area contributed by atoms with Gasteiger partial charge in [-0.05, 0) is 19.1 Å². The number of likely N-dealkylation sites (N-methyl/N-ethyl adjacent to an activating group) is 1. The van der Waals surface area contributed by atoms with Crippen LogP contribution in [-0.2, 0) is 4.74 Å². The lowest BCUT2D eigenvalue weighted by molar-refractivity contribution is 0.205. The number of para-hydroxylation sites is 1. The Hall–Kier alpha value is -1.75. The van der Waals surface area contributed by atoms with E-state index in [9.17, 15) is 0 Å². The van der Waals surface area contributed by atoms with Crippen molar-refractivity contribution in [2.45, 2.75) is 6.92 Å². The second-order valence-electron chi connectivity index (χ2n) is 3.57. The third-order valence-corrected chi connectivity index (χ3v) is 2.58. The molecule has 17 heavy (non-hydrogen) atoms. The molecule has 0 atom stereocenters. The van der Waals surface area contributed by atoms with Gasteiger partial charge in [0.25, 0.3) is 0 Å². The van der Waals surface area contributed by atoms with Crippen molar-refractivity contribution in [1.29, 1.82) is 0 Å². The number of nitrogens with two attached hydrogens (primary N) is 1. The fraction of sp³-hybridized carbons (Fsp3) is 0.417. The molecule has 3 N–H and O–H groups in total. The van der Waals surface area contributed by atoms with Crippen LogP contribution in [0.4, 0.5) is 5.69 Å². The van der Waals surface area contributed by atoms with Crippen LogP contribution in [0.5, 0.6) is 0 Å². The smallest absolute Gasteiger partial charge is 0.172 e. The maximum Gasteiger partial charge on any atom is 0.172 e. The second kappa shape index (κ2) is 6.75. The second-order valence-corrected chi connectivity index (χ2v) is 3.57. The van der Waals surface area contributed by atoms with E-state index >= 15 is 0 Å². The van der Waals surface area contributed by atoms with Gasteiger partial charge < -0.3 is 20.6 Å². The molecule has 0 bridgehead atoms. The SMILES string of the molecule is CCN(CCOC)c1ccccc1C(N)=NO. The highest BCUT2D eigenvalue weighted by molar-refractivity contribution is 6.02. The van der Waals surface area contributed by atoms with Gasteiger partial charge in [0.15, 0.2) is 5.84 Å². The molecule has 0 saturated heterocycles. The Balaban J connectivity index is 3.01. The Morgan fingerprint density at radius 3 is 2.76 bits per heavy atom. The topological polar surface area (TPSA) is 71.1 Å². The van der Waals surface area contributed by atoms with Crippen molar-refractivity contribution in [2.75, 3.05) is 31.7 Å². The van der Waals surface area contributed by atoms with Gasteiger partial charge in [-0.1, -0.05) is 17.3 Å². The number of oxime groups is 1. The summed E-state index contributed by atoms with van der Waals surface area (Å²) in [4.78, 5) is 2.12. The molecule has 0 spiro atoms. The van der Waals surface area contributed by atoms with Gasteiger partial charge >= 0.3 is 0 Å². The number of nitrogens with zero attached hydrogens (tertiary/aromatic N) is 2. The van der Waals surface area contributed by atoms with Crippen molar-refractivity contribution in [3.63, 3.8) is 0 Å². The van der Waals surface area contributed by atoms with E-state index in [-0.39, 0.29) is 5.84 Å². The van der Waals surface area contributed by atoms with Gasteiger partial charge in [0.05, 0.1) is 6.61 Å². The van der Waals surface area contributed by atoms with Crippen molar-refractivity contribution < 1.29 is 9.94 Å². The lowest BCUT2D eigenvalue weighted by atomic mass is 10.1. The van der Waals surface area contributed by atoms with E-state index in [0.717, 1.165) is 24.3 Å². The fourth-order valence-electron chi connectivity index (χ4n) is 1.67. The van der Waals surface area contributed by atoms with Crippen LogP contribution in [0.15, 0.2) is 29.4 Å². The Morgan fingerprint density at radius 1 is 1.47 bits per heavy atom. The molecule has 0 unspecified atom stereocenters. The Kier molecular flexibility index (Phi) is 5.29. The third-order valence-electron chi connectivity index (χ3n) is 2.58. The van der Waals surface area contributed by atoms with Crippen molar-refractivity contribution in [3.8, 4) is 0 Å². The standard InChI is InChI=1S/C12H19N3O2/c1-3-15(8-9-17-2)11-7-5-4-6-10(11)12(13)14-16/h4-7,16H,3,8-9H2,1-2H3,(H2,13,14). The minimum Gasteiger partial charge on any atom is -0.409 e. The molecule has 0 saturated carbocycles. The highest BCUT2D eigenvalue weighted by Crippen LogP contribution is 2.19. The van der Waals surface area contributed by atoms with Crippen molar-refractivity contribution in [1.82, 2.24) is 0 Å². The predicted molar refractivity (Wildman–Crippen MR) is 68.7 cm³/mol. The zero-order valence-corrected chi connectivity index (χ0v) is 10.3. The maximum atomic E-state index is 8.76. The van der Waals surface area contributed by atoms with Crippen LogP contribution < -0.4 is 10.6 Å². The number of hydrogen-bond acceptors (Lipinski definition) is 4. The van der Waals surface area contributed by atoms with Crippen LogP contribution in [0.25, 0.3) is 0 Å². The summed E-state index contributed by atoms with van der Waals surface area (Å²) in [6.45, 7) is 4.29. The summed E-state index contributed by atoms with van der Waals surface area (Å²) in [6.07, 6.45) is 0. The lowest BCUT2D eigenvalue weighted by Crippen LogP contribution is -2.29. The van der Waals surface area contributed by atoms with Gasteiger partial charge in [-0.15, -0.1) is 0 Å². The molecule has 0 aromatic heterocycles. The zero-order chi connectivity index (χ0) is 12.7. The average Bonchev–Trinajstić information content (AvgIpc) is 2.39. The first-order chi connectivity index (χ1) is 8.24. The maximum absolute atomic E-state index is 8.76. The van der Waals surface area contributed by atoms with E-state index in [1.54, 1.807) is 7.11 Å². The number of amidine groups is 1. The van der Waals surface area contributed by atoms with Gasteiger partial charge in [-0.2, -0.15) is 0 Å². The molecule has 5 nitrogen and oxygen atoms in total. The summed E-state index contributed by atoms with van der Waals surface area (Å²) < 4.78 is 5.07. The molecule has 94 valence electrons. The summed E-state index contributed by atoms with van der Waals surface area (Å²) in [5.41, 5.74) is 7.33. The number of benzene rings is 1. The van der Waals surface area contributed by atoms with Crippen molar-refractivity contribution >= 4 is 11.5 Å². The molecule has 5 heteroatoms. The Bertz CT molecular complexity index is 380. The molecule has 0 heterocycles. The first-order valence-electron chi connectivity index (χ1n) is 5.55. The van der Waals surface area contributed by atoms with Crippen LogP contribution in [0, 0.1) is 0 Å². The van der Waals surface area contributed by atoms with Gasteiger partial charge in [-0.25, -0.2) is 0 Å². The first-order valence-corrected chi connectivity index (χ1v) is 5.55. The van der Waals surface area contributed by atoms with Gasteiger partial charge in [0.2, 0.25) is 0 Å². The van der Waals surface area contributed by atoms with Gasteiger partial charge in [0, 0.05) is 31.5 Å². The highest BCUT2D eigenvalue weighted by atomic mass is 16.5. The van der Waals surface area contributed by atoms with Crippen LogP contribution in [0.3, 0.4) is 0 Å². The molecule has 0 aliphatic heterocycles. The Morgan fingerprint density at radius 2 is 2.18 bits per heavy atom. The van der Waals surface area contributed by atoms with E-state index < -0.39 is 0 Å². The first kappa shape index (κ1) is 13.3. The largest absolute Gasteiger partial charge is 0.409 e. The molecule has 0 aliphatic rings.